The molecule has 2 aromatic rings. The molecule has 0 saturated carbocycles. The van der Waals surface area contributed by atoms with E-state index in [2.05, 4.69) is 48.0 Å². The van der Waals surface area contributed by atoms with Gasteiger partial charge < -0.3 is 0 Å². The molecule has 0 spiro atoms. The van der Waals surface area contributed by atoms with Crippen LogP contribution < -0.4 is 0 Å². The van der Waals surface area contributed by atoms with Crippen LogP contribution in [-0.2, 0) is 19.4 Å². The molecule has 0 aromatic carbocycles. The Hall–Kier alpha value is -1.78. The van der Waals surface area contributed by atoms with Crippen molar-refractivity contribution < 1.29 is 0 Å². The molecule has 0 radical (unpaired) electrons. The largest absolute Gasteiger partial charge is 0.252 e. The fraction of sp³-hybridized carbons (Fsp3) is 0.600. The number of aryl methyl sites for hydroxylation is 2. The van der Waals surface area contributed by atoms with Gasteiger partial charge in [-0.15, -0.1) is 5.10 Å². The number of rotatable bonds is 6. The van der Waals surface area contributed by atoms with Gasteiger partial charge in [0.05, 0.1) is 5.69 Å². The summed E-state index contributed by atoms with van der Waals surface area (Å²) in [7, 11) is 0. The standard InChI is InChI=1S/C15H23N5/c1-11(2)9-20-10-14(18-19-20)6-5-13-7-16-15(12(3)4)17-8-13/h7-8,10-12H,5-6,9H2,1-4H3. The van der Waals surface area contributed by atoms with Crippen LogP contribution in [-0.4, -0.2) is 25.0 Å². The van der Waals surface area contributed by atoms with E-state index < -0.39 is 0 Å². The Labute approximate surface area is 120 Å². The first-order chi connectivity index (χ1) is 9.54. The topological polar surface area (TPSA) is 56.5 Å². The van der Waals surface area contributed by atoms with Crippen molar-refractivity contribution in [3.05, 3.63) is 35.7 Å². The molecule has 0 saturated heterocycles. The third kappa shape index (κ3) is 4.11. The zero-order valence-corrected chi connectivity index (χ0v) is 12.7. The van der Waals surface area contributed by atoms with Gasteiger partial charge in [0.2, 0.25) is 0 Å². The van der Waals surface area contributed by atoms with Crippen LogP contribution in [0.3, 0.4) is 0 Å². The van der Waals surface area contributed by atoms with Crippen LogP contribution in [0.25, 0.3) is 0 Å². The zero-order chi connectivity index (χ0) is 14.5. The molecule has 2 aromatic heterocycles. The minimum absolute atomic E-state index is 0.375. The van der Waals surface area contributed by atoms with Gasteiger partial charge in [0, 0.05) is 31.1 Å². The van der Waals surface area contributed by atoms with Crippen molar-refractivity contribution in [2.24, 2.45) is 5.92 Å². The lowest BCUT2D eigenvalue weighted by Gasteiger charge is -2.04. The molecule has 5 nitrogen and oxygen atoms in total. The third-order valence-corrected chi connectivity index (χ3v) is 3.05. The van der Waals surface area contributed by atoms with Gasteiger partial charge in [-0.3, -0.25) is 4.68 Å². The molecular weight excluding hydrogens is 250 g/mol. The summed E-state index contributed by atoms with van der Waals surface area (Å²) in [6, 6.07) is 0. The average Bonchev–Trinajstić information content (AvgIpc) is 2.83. The van der Waals surface area contributed by atoms with Crippen LogP contribution in [0.4, 0.5) is 0 Å². The van der Waals surface area contributed by atoms with E-state index in [0.717, 1.165) is 36.5 Å². The zero-order valence-electron chi connectivity index (χ0n) is 12.7. The number of hydrogen-bond donors (Lipinski definition) is 0. The third-order valence-electron chi connectivity index (χ3n) is 3.05. The Balaban J connectivity index is 1.89. The van der Waals surface area contributed by atoms with E-state index in [4.69, 9.17) is 0 Å². The van der Waals surface area contributed by atoms with Crippen molar-refractivity contribution in [2.45, 2.75) is 53.0 Å². The van der Waals surface area contributed by atoms with Crippen LogP contribution in [0, 0.1) is 5.92 Å². The van der Waals surface area contributed by atoms with Gasteiger partial charge >= 0.3 is 0 Å². The summed E-state index contributed by atoms with van der Waals surface area (Å²) in [4.78, 5) is 8.77. The summed E-state index contributed by atoms with van der Waals surface area (Å²) in [5.41, 5.74) is 2.17. The summed E-state index contributed by atoms with van der Waals surface area (Å²) >= 11 is 0. The molecule has 5 heteroatoms. The highest BCUT2D eigenvalue weighted by Gasteiger charge is 2.05. The van der Waals surface area contributed by atoms with Gasteiger partial charge in [0.1, 0.15) is 5.82 Å². The Morgan fingerprint density at radius 1 is 1.05 bits per heavy atom. The second-order valence-electron chi connectivity index (χ2n) is 5.93. The van der Waals surface area contributed by atoms with Gasteiger partial charge in [-0.1, -0.05) is 32.9 Å². The Morgan fingerprint density at radius 3 is 2.35 bits per heavy atom. The minimum Gasteiger partial charge on any atom is -0.252 e. The van der Waals surface area contributed by atoms with Crippen molar-refractivity contribution in [1.29, 1.82) is 0 Å². The molecule has 0 bridgehead atoms. The highest BCUT2D eigenvalue weighted by molar-refractivity contribution is 5.09. The van der Waals surface area contributed by atoms with E-state index in [1.54, 1.807) is 0 Å². The molecule has 0 amide bonds. The number of nitrogens with zero attached hydrogens (tertiary/aromatic N) is 5. The molecule has 0 N–H and O–H groups in total. The molecule has 0 aliphatic heterocycles. The molecule has 0 aliphatic carbocycles. The maximum atomic E-state index is 4.38. The van der Waals surface area contributed by atoms with E-state index in [1.807, 2.05) is 23.3 Å². The van der Waals surface area contributed by atoms with Crippen molar-refractivity contribution >= 4 is 0 Å². The number of hydrogen-bond acceptors (Lipinski definition) is 4. The van der Waals surface area contributed by atoms with Crippen molar-refractivity contribution in [3.8, 4) is 0 Å². The molecule has 20 heavy (non-hydrogen) atoms. The summed E-state index contributed by atoms with van der Waals surface area (Å²) < 4.78 is 1.92. The van der Waals surface area contributed by atoms with Crippen molar-refractivity contribution in [2.75, 3.05) is 0 Å². The lowest BCUT2D eigenvalue weighted by atomic mass is 10.1. The van der Waals surface area contributed by atoms with Gasteiger partial charge in [-0.2, -0.15) is 0 Å². The second-order valence-corrected chi connectivity index (χ2v) is 5.93. The van der Waals surface area contributed by atoms with Crippen LogP contribution in [0.15, 0.2) is 18.6 Å². The molecule has 0 fully saturated rings. The molecule has 0 atom stereocenters. The first kappa shape index (κ1) is 14.6. The highest BCUT2D eigenvalue weighted by atomic mass is 15.4. The van der Waals surface area contributed by atoms with Gasteiger partial charge in [0.25, 0.3) is 0 Å². The predicted molar refractivity (Wildman–Crippen MR) is 78.4 cm³/mol. The molecule has 108 valence electrons. The van der Waals surface area contributed by atoms with Crippen LogP contribution >= 0.6 is 0 Å². The van der Waals surface area contributed by atoms with Gasteiger partial charge in [-0.25, -0.2) is 9.97 Å². The van der Waals surface area contributed by atoms with Crippen LogP contribution in [0.1, 0.15) is 50.7 Å². The minimum atomic E-state index is 0.375. The SMILES string of the molecule is CC(C)Cn1cc(CCc2cnc(C(C)C)nc2)nn1. The monoisotopic (exact) mass is 273 g/mol. The summed E-state index contributed by atoms with van der Waals surface area (Å²) in [6.45, 7) is 9.47. The Morgan fingerprint density at radius 2 is 1.75 bits per heavy atom. The molecular formula is C15H23N5. The first-order valence-corrected chi connectivity index (χ1v) is 7.24. The fourth-order valence-corrected chi connectivity index (χ4v) is 1.98. The first-order valence-electron chi connectivity index (χ1n) is 7.24. The lowest BCUT2D eigenvalue weighted by Crippen LogP contribution is -2.04. The Kier molecular flexibility index (Phi) is 4.82. The summed E-state index contributed by atoms with van der Waals surface area (Å²) in [5, 5.41) is 8.34. The second kappa shape index (κ2) is 6.59. The molecule has 2 heterocycles. The normalized spacial score (nSPS) is 11.5. The summed E-state index contributed by atoms with van der Waals surface area (Å²) in [6.07, 6.45) is 7.65. The maximum Gasteiger partial charge on any atom is 0.130 e. The lowest BCUT2D eigenvalue weighted by molar-refractivity contribution is 0.472. The van der Waals surface area contributed by atoms with E-state index in [0.29, 0.717) is 11.8 Å². The fourth-order valence-electron chi connectivity index (χ4n) is 1.98. The van der Waals surface area contributed by atoms with E-state index in [1.165, 1.54) is 0 Å². The predicted octanol–water partition coefficient (Wildman–Crippen LogP) is 2.63. The Bertz CT molecular complexity index is 527. The average molecular weight is 273 g/mol. The quantitative estimate of drug-likeness (QED) is 0.812. The van der Waals surface area contributed by atoms with Gasteiger partial charge in [-0.05, 0) is 24.3 Å². The molecule has 0 aliphatic rings. The number of aromatic nitrogens is 5. The smallest absolute Gasteiger partial charge is 0.130 e. The van der Waals surface area contributed by atoms with Crippen molar-refractivity contribution in [3.63, 3.8) is 0 Å². The van der Waals surface area contributed by atoms with Crippen LogP contribution in [0.2, 0.25) is 0 Å². The highest BCUT2D eigenvalue weighted by Crippen LogP contribution is 2.09. The van der Waals surface area contributed by atoms with E-state index in [9.17, 15) is 0 Å². The van der Waals surface area contributed by atoms with E-state index in [-0.39, 0.29) is 0 Å². The summed E-state index contributed by atoms with van der Waals surface area (Å²) in [5.74, 6) is 1.86. The van der Waals surface area contributed by atoms with E-state index >= 15 is 0 Å². The molecule has 0 unspecified atom stereocenters. The van der Waals surface area contributed by atoms with Gasteiger partial charge in [0.15, 0.2) is 0 Å². The maximum absolute atomic E-state index is 4.38. The van der Waals surface area contributed by atoms with Crippen molar-refractivity contribution in [1.82, 2.24) is 25.0 Å². The van der Waals surface area contributed by atoms with Crippen LogP contribution in [0.5, 0.6) is 0 Å². The molecule has 2 rings (SSSR count).